The van der Waals surface area contributed by atoms with E-state index in [0.29, 0.717) is 29.0 Å². The van der Waals surface area contributed by atoms with Gasteiger partial charge in [0.05, 0.1) is 23.3 Å². The number of benzene rings is 1. The fraction of sp³-hybridized carbons (Fsp3) is 0.360. The van der Waals surface area contributed by atoms with Gasteiger partial charge in [0.2, 0.25) is 0 Å². The Morgan fingerprint density at radius 2 is 1.91 bits per heavy atom. The number of nitrogens with zero attached hydrogens (tertiary/aromatic N) is 4. The average Bonchev–Trinajstić information content (AvgIpc) is 3.44. The number of carbonyl (C=O) groups excluding carboxylic acids is 1. The summed E-state index contributed by atoms with van der Waals surface area (Å²) in [7, 11) is 0. The minimum absolute atomic E-state index is 0.124. The van der Waals surface area contributed by atoms with E-state index >= 15 is 0 Å². The number of anilines is 1. The third kappa shape index (κ3) is 3.37. The topological polar surface area (TPSA) is 104 Å². The van der Waals surface area contributed by atoms with E-state index in [9.17, 15) is 14.7 Å². The first kappa shape index (κ1) is 21.5. The van der Waals surface area contributed by atoms with E-state index in [1.165, 1.54) is 0 Å². The molecule has 0 spiro atoms. The first-order valence-electron chi connectivity index (χ1n) is 11.6. The van der Waals surface area contributed by atoms with E-state index < -0.39 is 0 Å². The number of halogens is 1. The number of pyridine rings is 1. The van der Waals surface area contributed by atoms with Gasteiger partial charge < -0.3 is 10.1 Å². The van der Waals surface area contributed by atoms with Gasteiger partial charge in [-0.05, 0) is 84.3 Å². The molecule has 0 bridgehead atoms. The molecule has 1 aliphatic carbocycles. The van der Waals surface area contributed by atoms with Crippen LogP contribution in [-0.2, 0) is 6.42 Å². The monoisotopic (exact) mass is 521 g/mol. The maximum atomic E-state index is 13.5. The van der Waals surface area contributed by atoms with Crippen LogP contribution in [0.15, 0.2) is 39.9 Å². The van der Waals surface area contributed by atoms with Crippen LogP contribution in [0, 0.1) is 6.92 Å². The van der Waals surface area contributed by atoms with Gasteiger partial charge >= 0.3 is 0 Å². The number of aromatic nitrogens is 4. The number of amides is 1. The van der Waals surface area contributed by atoms with E-state index in [2.05, 4.69) is 30.9 Å². The van der Waals surface area contributed by atoms with Crippen LogP contribution in [-0.4, -0.2) is 43.0 Å². The molecule has 9 heteroatoms. The van der Waals surface area contributed by atoms with Crippen molar-refractivity contribution >= 4 is 44.2 Å². The number of aliphatic hydroxyl groups excluding tert-OH is 1. The van der Waals surface area contributed by atoms with Crippen LogP contribution in [0.2, 0.25) is 0 Å². The third-order valence-corrected chi connectivity index (χ3v) is 7.59. The highest BCUT2D eigenvalue weighted by Gasteiger charge is 2.29. The Bertz CT molecular complexity index is 1520. The molecule has 0 unspecified atom stereocenters. The highest BCUT2D eigenvalue weighted by Crippen LogP contribution is 2.34. The van der Waals surface area contributed by atoms with Crippen molar-refractivity contribution in [1.29, 1.82) is 0 Å². The van der Waals surface area contributed by atoms with Crippen LogP contribution < -0.4 is 10.5 Å². The zero-order valence-corrected chi connectivity index (χ0v) is 20.3. The van der Waals surface area contributed by atoms with E-state index in [1.807, 2.05) is 23.5 Å². The molecule has 4 aromatic rings. The zero-order chi connectivity index (χ0) is 23.6. The second-order valence-electron chi connectivity index (χ2n) is 9.32. The first-order chi connectivity index (χ1) is 16.4. The minimum Gasteiger partial charge on any atom is -0.393 e. The van der Waals surface area contributed by atoms with Crippen molar-refractivity contribution in [3.8, 4) is 0 Å². The summed E-state index contributed by atoms with van der Waals surface area (Å²) in [4.78, 5) is 40.2. The van der Waals surface area contributed by atoms with Crippen molar-refractivity contribution in [2.75, 3.05) is 11.4 Å². The summed E-state index contributed by atoms with van der Waals surface area (Å²) < 4.78 is 2.83. The summed E-state index contributed by atoms with van der Waals surface area (Å²) in [5, 5.41) is 9.91. The molecule has 34 heavy (non-hydrogen) atoms. The van der Waals surface area contributed by atoms with Crippen molar-refractivity contribution < 1.29 is 9.90 Å². The van der Waals surface area contributed by atoms with E-state index in [-0.39, 0.29) is 23.5 Å². The molecule has 1 aromatic carbocycles. The molecule has 0 atom stereocenters. The Balaban J connectivity index is 1.46. The predicted octanol–water partition coefficient (Wildman–Crippen LogP) is 3.86. The molecule has 1 fully saturated rings. The van der Waals surface area contributed by atoms with Gasteiger partial charge in [0.25, 0.3) is 11.5 Å². The molecule has 3 aromatic heterocycles. The van der Waals surface area contributed by atoms with Crippen molar-refractivity contribution in [1.82, 2.24) is 19.4 Å². The molecule has 0 radical (unpaired) electrons. The molecule has 0 saturated heterocycles. The van der Waals surface area contributed by atoms with Crippen LogP contribution in [0.25, 0.3) is 16.6 Å². The molecule has 2 aliphatic rings. The quantitative estimate of drug-likeness (QED) is 0.416. The number of H-pyrrole nitrogens is 1. The lowest BCUT2D eigenvalue weighted by atomic mass is 9.87. The second-order valence-corrected chi connectivity index (χ2v) is 10.2. The summed E-state index contributed by atoms with van der Waals surface area (Å²) in [6.45, 7) is 2.49. The molecule has 6 rings (SSSR count). The zero-order valence-electron chi connectivity index (χ0n) is 18.7. The smallest absolute Gasteiger partial charge is 0.274 e. The van der Waals surface area contributed by atoms with Gasteiger partial charge in [0.15, 0.2) is 0 Å². The fourth-order valence-corrected chi connectivity index (χ4v) is 5.76. The minimum atomic E-state index is -0.259. The number of fused-ring (bicyclic) bond motifs is 4. The Hall–Kier alpha value is -3.04. The van der Waals surface area contributed by atoms with Crippen molar-refractivity contribution in [3.63, 3.8) is 0 Å². The highest BCUT2D eigenvalue weighted by atomic mass is 79.9. The molecule has 174 valence electrons. The van der Waals surface area contributed by atoms with E-state index in [1.54, 1.807) is 23.4 Å². The molecular formula is C25H24BrN5O3. The number of aromatic amines is 1. The Kier molecular flexibility index (Phi) is 5.07. The summed E-state index contributed by atoms with van der Waals surface area (Å²) in [6.07, 6.45) is 6.97. The fourth-order valence-electron chi connectivity index (χ4n) is 5.38. The number of hydrogen-bond donors (Lipinski definition) is 2. The van der Waals surface area contributed by atoms with Crippen LogP contribution in [0.5, 0.6) is 0 Å². The van der Waals surface area contributed by atoms with Gasteiger partial charge in [-0.25, -0.2) is 9.97 Å². The number of imidazole rings is 1. The Morgan fingerprint density at radius 1 is 1.12 bits per heavy atom. The van der Waals surface area contributed by atoms with Gasteiger partial charge in [-0.2, -0.15) is 0 Å². The Morgan fingerprint density at radius 3 is 2.71 bits per heavy atom. The predicted molar refractivity (Wildman–Crippen MR) is 133 cm³/mol. The van der Waals surface area contributed by atoms with E-state index in [0.717, 1.165) is 59.0 Å². The summed E-state index contributed by atoms with van der Waals surface area (Å²) in [6, 6.07) is 5.74. The van der Waals surface area contributed by atoms with Gasteiger partial charge in [-0.15, -0.1) is 0 Å². The lowest BCUT2D eigenvalue weighted by Gasteiger charge is -2.25. The van der Waals surface area contributed by atoms with Crippen LogP contribution in [0.3, 0.4) is 0 Å². The van der Waals surface area contributed by atoms with Crippen molar-refractivity contribution in [2.24, 2.45) is 0 Å². The maximum absolute atomic E-state index is 13.5. The third-order valence-electron chi connectivity index (χ3n) is 7.16. The number of hydrogen-bond acceptors (Lipinski definition) is 5. The van der Waals surface area contributed by atoms with Crippen molar-refractivity contribution in [2.45, 2.75) is 51.0 Å². The van der Waals surface area contributed by atoms with Gasteiger partial charge in [0.1, 0.15) is 17.2 Å². The lowest BCUT2D eigenvalue weighted by molar-refractivity contribution is 0.0988. The second kappa shape index (κ2) is 8.02. The number of aliphatic hydroxyl groups is 1. The number of aryl methyl sites for hydroxylation is 1. The average molecular weight is 522 g/mol. The molecule has 8 nitrogen and oxygen atoms in total. The normalized spacial score (nSPS) is 20.3. The maximum Gasteiger partial charge on any atom is 0.274 e. The molecule has 2 N–H and O–H groups in total. The Labute approximate surface area is 203 Å². The lowest BCUT2D eigenvalue weighted by Crippen LogP contribution is -2.30. The SMILES string of the molecule is Cc1cc2c(cc1C(=O)N1CCc3cc(Br)cnc31)[nH]c(=O)c1cnc(C3CCC(O)CC3)n12. The molecule has 1 amide bonds. The highest BCUT2D eigenvalue weighted by molar-refractivity contribution is 9.10. The van der Waals surface area contributed by atoms with Crippen molar-refractivity contribution in [3.05, 3.63) is 67.9 Å². The molecular weight excluding hydrogens is 498 g/mol. The molecule has 1 saturated carbocycles. The van der Waals surface area contributed by atoms with Crippen LogP contribution >= 0.6 is 15.9 Å². The first-order valence-corrected chi connectivity index (χ1v) is 12.4. The number of carbonyl (C=O) groups is 1. The number of nitrogens with one attached hydrogen (secondary N) is 1. The standard InChI is InChI=1S/C25H24BrN5O3/c1-13-8-20-19(10-18(13)25(34)30-7-6-15-9-16(26)11-27-22(15)30)29-24(33)21-12-28-23(31(20)21)14-2-4-17(32)5-3-14/h8-12,14,17,32H,2-7H2,1H3,(H,29,33). The molecule has 4 heterocycles. The van der Waals surface area contributed by atoms with Gasteiger partial charge in [-0.1, -0.05) is 0 Å². The summed E-state index contributed by atoms with van der Waals surface area (Å²) in [5.74, 6) is 1.60. The largest absolute Gasteiger partial charge is 0.393 e. The van der Waals surface area contributed by atoms with Gasteiger partial charge in [0, 0.05) is 28.7 Å². The van der Waals surface area contributed by atoms with E-state index in [4.69, 9.17) is 0 Å². The number of rotatable bonds is 2. The molecule has 1 aliphatic heterocycles. The van der Waals surface area contributed by atoms with Gasteiger partial charge in [-0.3, -0.25) is 18.9 Å². The summed E-state index contributed by atoms with van der Waals surface area (Å²) in [5.41, 5.74) is 4.10. The van der Waals surface area contributed by atoms with Crippen LogP contribution in [0.4, 0.5) is 5.82 Å². The van der Waals surface area contributed by atoms with Crippen LogP contribution in [0.1, 0.15) is 58.9 Å². The summed E-state index contributed by atoms with van der Waals surface area (Å²) >= 11 is 3.45.